The number of pyridine rings is 1. The predicted octanol–water partition coefficient (Wildman–Crippen LogP) is 3.69. The molecule has 2 aromatic heterocycles. The van der Waals surface area contributed by atoms with E-state index in [2.05, 4.69) is 43.0 Å². The Hall–Kier alpha value is -1.26. The van der Waals surface area contributed by atoms with Gasteiger partial charge in [0, 0.05) is 41.5 Å². The van der Waals surface area contributed by atoms with Gasteiger partial charge in [-0.1, -0.05) is 20.8 Å². The topological polar surface area (TPSA) is 37.8 Å². The molecule has 0 spiro atoms. The second kappa shape index (κ2) is 5.80. The van der Waals surface area contributed by atoms with Crippen LogP contribution in [0.2, 0.25) is 0 Å². The van der Waals surface area contributed by atoms with Gasteiger partial charge in [-0.2, -0.15) is 0 Å². The fraction of sp³-hybridized carbons (Fsp3) is 0.467. The van der Waals surface area contributed by atoms with Gasteiger partial charge in [-0.25, -0.2) is 4.98 Å². The molecule has 1 atom stereocenters. The Balaban J connectivity index is 1.94. The third-order valence-electron chi connectivity index (χ3n) is 2.98. The zero-order valence-electron chi connectivity index (χ0n) is 12.0. The molecule has 3 nitrogen and oxygen atoms in total. The van der Waals surface area contributed by atoms with Crippen molar-refractivity contribution in [2.45, 2.75) is 45.7 Å². The van der Waals surface area contributed by atoms with Crippen molar-refractivity contribution in [2.75, 3.05) is 0 Å². The van der Waals surface area contributed by atoms with E-state index < -0.39 is 0 Å². The van der Waals surface area contributed by atoms with Crippen LogP contribution in [0.1, 0.15) is 49.2 Å². The molecule has 1 N–H and O–H groups in total. The third-order valence-corrected chi connectivity index (χ3v) is 4.41. The molecular weight excluding hydrogens is 254 g/mol. The lowest BCUT2D eigenvalue weighted by molar-refractivity contribution is 0.577. The van der Waals surface area contributed by atoms with Crippen molar-refractivity contribution in [1.29, 1.82) is 0 Å². The number of rotatable bonds is 4. The van der Waals surface area contributed by atoms with Crippen LogP contribution in [0.25, 0.3) is 0 Å². The van der Waals surface area contributed by atoms with Crippen molar-refractivity contribution < 1.29 is 0 Å². The first-order valence-electron chi connectivity index (χ1n) is 6.55. The van der Waals surface area contributed by atoms with Crippen molar-refractivity contribution >= 4 is 11.3 Å². The van der Waals surface area contributed by atoms with Gasteiger partial charge in [-0.05, 0) is 24.6 Å². The van der Waals surface area contributed by atoms with E-state index in [9.17, 15) is 0 Å². The molecule has 19 heavy (non-hydrogen) atoms. The van der Waals surface area contributed by atoms with Crippen LogP contribution >= 0.6 is 11.3 Å². The Morgan fingerprint density at radius 1 is 1.26 bits per heavy atom. The number of thiazole rings is 1. The van der Waals surface area contributed by atoms with E-state index in [1.807, 2.05) is 30.7 Å². The van der Waals surface area contributed by atoms with Gasteiger partial charge in [-0.3, -0.25) is 4.98 Å². The summed E-state index contributed by atoms with van der Waals surface area (Å²) in [5.41, 5.74) is 1.40. The SMILES string of the molecule is C[C@H](NCc1cnc(C(C)(C)C)s1)c1ccncc1. The Morgan fingerprint density at radius 3 is 2.53 bits per heavy atom. The van der Waals surface area contributed by atoms with Gasteiger partial charge in [-0.15, -0.1) is 11.3 Å². The lowest BCUT2D eigenvalue weighted by atomic mass is 9.98. The molecular formula is C15H21N3S. The fourth-order valence-electron chi connectivity index (χ4n) is 1.76. The molecule has 0 aliphatic rings. The standard InChI is InChI=1S/C15H21N3S/c1-11(12-5-7-16-8-6-12)17-9-13-10-18-14(19-13)15(2,3)4/h5-8,10-11,17H,9H2,1-4H3/t11-/m0/s1. The minimum absolute atomic E-state index is 0.139. The smallest absolute Gasteiger partial charge is 0.0981 e. The number of hydrogen-bond acceptors (Lipinski definition) is 4. The second-order valence-electron chi connectivity index (χ2n) is 5.76. The van der Waals surface area contributed by atoms with Gasteiger partial charge in [0.05, 0.1) is 5.01 Å². The van der Waals surface area contributed by atoms with E-state index in [-0.39, 0.29) is 5.41 Å². The minimum atomic E-state index is 0.139. The van der Waals surface area contributed by atoms with Crippen molar-refractivity contribution in [3.05, 3.63) is 46.2 Å². The summed E-state index contributed by atoms with van der Waals surface area (Å²) in [7, 11) is 0. The summed E-state index contributed by atoms with van der Waals surface area (Å²) in [6, 6.07) is 4.42. The molecule has 0 fully saturated rings. The summed E-state index contributed by atoms with van der Waals surface area (Å²) in [5, 5.41) is 4.72. The summed E-state index contributed by atoms with van der Waals surface area (Å²) >= 11 is 1.79. The third kappa shape index (κ3) is 3.85. The highest BCUT2D eigenvalue weighted by Crippen LogP contribution is 2.27. The van der Waals surface area contributed by atoms with Gasteiger partial charge in [0.1, 0.15) is 0 Å². The number of nitrogens with one attached hydrogen (secondary N) is 1. The van der Waals surface area contributed by atoms with Crippen LogP contribution in [0, 0.1) is 0 Å². The molecule has 2 rings (SSSR count). The minimum Gasteiger partial charge on any atom is -0.305 e. The van der Waals surface area contributed by atoms with Crippen molar-refractivity contribution in [2.24, 2.45) is 0 Å². The fourth-order valence-corrected chi connectivity index (χ4v) is 2.68. The molecule has 0 amide bonds. The highest BCUT2D eigenvalue weighted by molar-refractivity contribution is 7.11. The van der Waals surface area contributed by atoms with E-state index in [1.165, 1.54) is 15.4 Å². The summed E-state index contributed by atoms with van der Waals surface area (Å²) in [6.07, 6.45) is 5.65. The quantitative estimate of drug-likeness (QED) is 0.925. The Morgan fingerprint density at radius 2 is 1.95 bits per heavy atom. The molecule has 0 saturated heterocycles. The summed E-state index contributed by atoms with van der Waals surface area (Å²) in [6.45, 7) is 9.62. The van der Waals surface area contributed by atoms with E-state index in [1.54, 1.807) is 11.3 Å². The molecule has 0 radical (unpaired) electrons. The van der Waals surface area contributed by atoms with E-state index in [0.717, 1.165) is 6.54 Å². The molecule has 2 heterocycles. The first-order chi connectivity index (χ1) is 8.97. The summed E-state index contributed by atoms with van der Waals surface area (Å²) in [5.74, 6) is 0. The van der Waals surface area contributed by atoms with Gasteiger partial charge in [0.2, 0.25) is 0 Å². The molecule has 0 unspecified atom stereocenters. The van der Waals surface area contributed by atoms with Gasteiger partial charge < -0.3 is 5.32 Å². The van der Waals surface area contributed by atoms with E-state index in [0.29, 0.717) is 6.04 Å². The van der Waals surface area contributed by atoms with Crippen molar-refractivity contribution in [3.8, 4) is 0 Å². The van der Waals surface area contributed by atoms with Crippen LogP contribution in [0.15, 0.2) is 30.7 Å². The molecule has 0 bridgehead atoms. The first-order valence-corrected chi connectivity index (χ1v) is 7.37. The Kier molecular flexibility index (Phi) is 4.32. The zero-order valence-corrected chi connectivity index (χ0v) is 12.8. The maximum atomic E-state index is 4.51. The molecule has 0 aliphatic carbocycles. The highest BCUT2D eigenvalue weighted by atomic mass is 32.1. The van der Waals surface area contributed by atoms with E-state index >= 15 is 0 Å². The molecule has 0 aliphatic heterocycles. The van der Waals surface area contributed by atoms with Gasteiger partial charge in [0.25, 0.3) is 0 Å². The van der Waals surface area contributed by atoms with E-state index in [4.69, 9.17) is 0 Å². The average molecular weight is 275 g/mol. The van der Waals surface area contributed by atoms with Gasteiger partial charge >= 0.3 is 0 Å². The Bertz CT molecular complexity index is 514. The Labute approximate surface area is 119 Å². The number of hydrogen-bond donors (Lipinski definition) is 1. The molecule has 4 heteroatoms. The maximum absolute atomic E-state index is 4.51. The molecule has 102 valence electrons. The summed E-state index contributed by atoms with van der Waals surface area (Å²) < 4.78 is 0. The lowest BCUT2D eigenvalue weighted by Crippen LogP contribution is -2.17. The number of nitrogens with zero attached hydrogens (tertiary/aromatic N) is 2. The van der Waals surface area contributed by atoms with Crippen molar-refractivity contribution in [3.63, 3.8) is 0 Å². The largest absolute Gasteiger partial charge is 0.305 e. The molecule has 0 saturated carbocycles. The van der Waals surface area contributed by atoms with Crippen LogP contribution < -0.4 is 5.32 Å². The van der Waals surface area contributed by atoms with Gasteiger partial charge in [0.15, 0.2) is 0 Å². The molecule has 0 aromatic carbocycles. The summed E-state index contributed by atoms with van der Waals surface area (Å²) in [4.78, 5) is 9.83. The van der Waals surface area contributed by atoms with Crippen LogP contribution in [0.4, 0.5) is 0 Å². The normalized spacial score (nSPS) is 13.5. The zero-order chi connectivity index (χ0) is 13.9. The lowest BCUT2D eigenvalue weighted by Gasteiger charge is -2.14. The van der Waals surface area contributed by atoms with Crippen LogP contribution in [0.5, 0.6) is 0 Å². The average Bonchev–Trinajstić information content (AvgIpc) is 2.86. The van der Waals surface area contributed by atoms with Crippen LogP contribution in [0.3, 0.4) is 0 Å². The maximum Gasteiger partial charge on any atom is 0.0981 e. The van der Waals surface area contributed by atoms with Crippen LogP contribution in [-0.4, -0.2) is 9.97 Å². The monoisotopic (exact) mass is 275 g/mol. The number of aromatic nitrogens is 2. The second-order valence-corrected chi connectivity index (χ2v) is 6.88. The predicted molar refractivity (Wildman–Crippen MR) is 80.3 cm³/mol. The highest BCUT2D eigenvalue weighted by Gasteiger charge is 2.18. The van der Waals surface area contributed by atoms with Crippen LogP contribution in [-0.2, 0) is 12.0 Å². The molecule has 2 aromatic rings. The first kappa shape index (κ1) is 14.2. The van der Waals surface area contributed by atoms with Crippen molar-refractivity contribution in [1.82, 2.24) is 15.3 Å².